The van der Waals surface area contributed by atoms with Crippen LogP contribution in [0, 0.1) is 5.82 Å². The van der Waals surface area contributed by atoms with Crippen LogP contribution in [-0.2, 0) is 0 Å². The summed E-state index contributed by atoms with van der Waals surface area (Å²) in [6.07, 6.45) is 8.45. The van der Waals surface area contributed by atoms with Gasteiger partial charge in [0.15, 0.2) is 5.82 Å². The molecule has 148 valence electrons. The Morgan fingerprint density at radius 2 is 2.04 bits per heavy atom. The molecule has 1 aliphatic carbocycles. The Hall–Kier alpha value is -2.31. The van der Waals surface area contributed by atoms with Gasteiger partial charge >= 0.3 is 0 Å². The van der Waals surface area contributed by atoms with Crippen LogP contribution >= 0.6 is 0 Å². The van der Waals surface area contributed by atoms with E-state index in [0.29, 0.717) is 12.2 Å². The largest absolute Gasteiger partial charge is 0.391 e. The first-order chi connectivity index (χ1) is 13.7. The molecule has 0 saturated heterocycles. The molecule has 0 bridgehead atoms. The number of nitrogens with one attached hydrogen (secondary N) is 1. The van der Waals surface area contributed by atoms with Gasteiger partial charge in [-0.1, -0.05) is 13.3 Å². The van der Waals surface area contributed by atoms with Crippen molar-refractivity contribution < 1.29 is 9.50 Å². The number of fused-ring (bicyclic) bond motifs is 1. The van der Waals surface area contributed by atoms with Gasteiger partial charge in [0.1, 0.15) is 11.5 Å². The molecule has 0 aliphatic heterocycles. The number of hydrogen-bond acceptors (Lipinski definition) is 4. The van der Waals surface area contributed by atoms with E-state index in [1.54, 1.807) is 12.1 Å². The van der Waals surface area contributed by atoms with E-state index in [1.807, 2.05) is 18.5 Å². The van der Waals surface area contributed by atoms with Crippen LogP contribution in [0.2, 0.25) is 0 Å². The third-order valence-electron chi connectivity index (χ3n) is 5.68. The number of unbranched alkanes of at least 4 members (excludes halogenated alkanes) is 1. The van der Waals surface area contributed by atoms with Crippen LogP contribution in [-0.4, -0.2) is 38.3 Å². The summed E-state index contributed by atoms with van der Waals surface area (Å²) >= 11 is 0. The number of aliphatic hydroxyl groups is 1. The van der Waals surface area contributed by atoms with Gasteiger partial charge < -0.3 is 15.0 Å². The summed E-state index contributed by atoms with van der Waals surface area (Å²) in [7, 11) is 0. The highest BCUT2D eigenvalue weighted by molar-refractivity contribution is 5.77. The lowest BCUT2D eigenvalue weighted by molar-refractivity contribution is 0.0689. The predicted octanol–water partition coefficient (Wildman–Crippen LogP) is 4.08. The Balaban J connectivity index is 1.54. The van der Waals surface area contributed by atoms with Gasteiger partial charge in [0.25, 0.3) is 0 Å². The van der Waals surface area contributed by atoms with E-state index < -0.39 is 0 Å². The average Bonchev–Trinajstić information content (AvgIpc) is 3.13. The maximum absolute atomic E-state index is 13.2. The monoisotopic (exact) mass is 382 g/mol. The van der Waals surface area contributed by atoms with Crippen LogP contribution < -0.4 is 5.32 Å². The van der Waals surface area contributed by atoms with Gasteiger partial charge in [0.2, 0.25) is 0 Å². The van der Waals surface area contributed by atoms with Crippen molar-refractivity contribution in [1.82, 2.24) is 19.9 Å². The lowest BCUT2D eigenvalue weighted by atomic mass is 9.88. The summed E-state index contributed by atoms with van der Waals surface area (Å²) in [6, 6.07) is 8.64. The van der Waals surface area contributed by atoms with Crippen LogP contribution in [0.1, 0.15) is 45.1 Å². The number of hydrogen-bond donors (Lipinski definition) is 2. The molecular formula is C22H27FN4O. The molecule has 3 aromatic rings. The third kappa shape index (κ3) is 3.93. The van der Waals surface area contributed by atoms with Gasteiger partial charge in [-0.2, -0.15) is 0 Å². The molecule has 0 amide bonds. The summed E-state index contributed by atoms with van der Waals surface area (Å²) in [5, 5.41) is 15.1. The highest BCUT2D eigenvalue weighted by atomic mass is 19.1. The van der Waals surface area contributed by atoms with E-state index in [0.717, 1.165) is 48.8 Å². The minimum atomic E-state index is -0.355. The Kier molecular flexibility index (Phi) is 5.69. The summed E-state index contributed by atoms with van der Waals surface area (Å²) < 4.78 is 15.4. The standard InChI is InChI=1S/C22H27FN4O/c1-2-3-11-24-19-9-8-18(13-20(19)28)27-12-10-16-14-25-21(26-22(16)27)15-4-6-17(23)7-5-15/h4-7,10,12,14,18-20,24,28H,2-3,8-9,11,13H2,1H3. The number of nitrogens with zero attached hydrogens (tertiary/aromatic N) is 3. The molecule has 0 radical (unpaired) electrons. The minimum Gasteiger partial charge on any atom is -0.391 e. The molecule has 6 heteroatoms. The van der Waals surface area contributed by atoms with Crippen molar-refractivity contribution in [2.75, 3.05) is 6.54 Å². The summed E-state index contributed by atoms with van der Waals surface area (Å²) in [5.74, 6) is 0.314. The van der Waals surface area contributed by atoms with Gasteiger partial charge in [0.05, 0.1) is 6.10 Å². The molecule has 3 unspecified atom stereocenters. The Morgan fingerprint density at radius 1 is 1.21 bits per heavy atom. The molecule has 1 aliphatic rings. The van der Waals surface area contributed by atoms with Crippen LogP contribution in [0.3, 0.4) is 0 Å². The molecule has 1 fully saturated rings. The fourth-order valence-electron chi connectivity index (χ4n) is 4.05. The van der Waals surface area contributed by atoms with E-state index in [2.05, 4.69) is 21.8 Å². The normalized spacial score (nSPS) is 22.6. The number of rotatable bonds is 6. The fourth-order valence-corrected chi connectivity index (χ4v) is 4.05. The van der Waals surface area contributed by atoms with E-state index in [4.69, 9.17) is 4.98 Å². The minimum absolute atomic E-state index is 0.175. The van der Waals surface area contributed by atoms with Crippen molar-refractivity contribution in [3.8, 4) is 11.4 Å². The van der Waals surface area contributed by atoms with Crippen LogP contribution in [0.5, 0.6) is 0 Å². The number of halogens is 1. The van der Waals surface area contributed by atoms with E-state index in [1.165, 1.54) is 12.1 Å². The quantitative estimate of drug-likeness (QED) is 0.631. The lowest BCUT2D eigenvalue weighted by Gasteiger charge is -2.34. The van der Waals surface area contributed by atoms with E-state index in [-0.39, 0.29) is 24.0 Å². The van der Waals surface area contributed by atoms with Gasteiger partial charge in [-0.05, 0) is 62.6 Å². The van der Waals surface area contributed by atoms with Crippen LogP contribution in [0.15, 0.2) is 42.7 Å². The molecule has 1 saturated carbocycles. The molecule has 2 N–H and O–H groups in total. The van der Waals surface area contributed by atoms with Crippen molar-refractivity contribution in [3.05, 3.63) is 48.5 Å². The van der Waals surface area contributed by atoms with Crippen molar-refractivity contribution in [3.63, 3.8) is 0 Å². The smallest absolute Gasteiger partial charge is 0.161 e. The number of aliphatic hydroxyl groups excluding tert-OH is 1. The molecule has 3 atom stereocenters. The summed E-state index contributed by atoms with van der Waals surface area (Å²) in [4.78, 5) is 9.17. The maximum Gasteiger partial charge on any atom is 0.161 e. The van der Waals surface area contributed by atoms with Crippen LogP contribution in [0.4, 0.5) is 4.39 Å². The molecule has 4 rings (SSSR count). The van der Waals surface area contributed by atoms with Crippen molar-refractivity contribution in [2.24, 2.45) is 0 Å². The average molecular weight is 382 g/mol. The second-order valence-corrected chi connectivity index (χ2v) is 7.65. The second-order valence-electron chi connectivity index (χ2n) is 7.65. The first-order valence-electron chi connectivity index (χ1n) is 10.2. The van der Waals surface area contributed by atoms with Gasteiger partial charge in [-0.15, -0.1) is 0 Å². The highest BCUT2D eigenvalue weighted by Gasteiger charge is 2.30. The van der Waals surface area contributed by atoms with Crippen molar-refractivity contribution in [1.29, 1.82) is 0 Å². The SMILES string of the molecule is CCCCNC1CCC(n2ccc3cnc(-c4ccc(F)cc4)nc32)CC1O. The Morgan fingerprint density at radius 3 is 2.79 bits per heavy atom. The summed E-state index contributed by atoms with van der Waals surface area (Å²) in [6.45, 7) is 3.14. The maximum atomic E-state index is 13.2. The van der Waals surface area contributed by atoms with Crippen molar-refractivity contribution >= 4 is 11.0 Å². The van der Waals surface area contributed by atoms with Crippen molar-refractivity contribution in [2.45, 2.75) is 57.2 Å². The zero-order valence-electron chi connectivity index (χ0n) is 16.2. The fraction of sp³-hybridized carbons (Fsp3) is 0.455. The first kappa shape index (κ1) is 19.0. The highest BCUT2D eigenvalue weighted by Crippen LogP contribution is 2.32. The zero-order chi connectivity index (χ0) is 19.5. The molecule has 28 heavy (non-hydrogen) atoms. The molecule has 5 nitrogen and oxygen atoms in total. The predicted molar refractivity (Wildman–Crippen MR) is 109 cm³/mol. The lowest BCUT2D eigenvalue weighted by Crippen LogP contribution is -2.44. The molecular weight excluding hydrogens is 355 g/mol. The Labute approximate surface area is 164 Å². The van der Waals surface area contributed by atoms with Gasteiger partial charge in [0, 0.05) is 35.4 Å². The second kappa shape index (κ2) is 8.37. The van der Waals surface area contributed by atoms with E-state index in [9.17, 15) is 9.50 Å². The number of benzene rings is 1. The molecule has 1 aromatic carbocycles. The Bertz CT molecular complexity index is 924. The molecule has 2 aromatic heterocycles. The number of aromatic nitrogens is 3. The topological polar surface area (TPSA) is 63.0 Å². The van der Waals surface area contributed by atoms with Gasteiger partial charge in [-0.25, -0.2) is 14.4 Å². The first-order valence-corrected chi connectivity index (χ1v) is 10.2. The summed E-state index contributed by atoms with van der Waals surface area (Å²) in [5.41, 5.74) is 1.66. The van der Waals surface area contributed by atoms with Gasteiger partial charge in [-0.3, -0.25) is 0 Å². The molecule has 2 heterocycles. The zero-order valence-corrected chi connectivity index (χ0v) is 16.2. The van der Waals surface area contributed by atoms with Crippen LogP contribution in [0.25, 0.3) is 22.4 Å². The third-order valence-corrected chi connectivity index (χ3v) is 5.68. The molecule has 0 spiro atoms. The van der Waals surface area contributed by atoms with E-state index >= 15 is 0 Å².